The average molecular weight is 267 g/mol. The second-order valence-electron chi connectivity index (χ2n) is 5.36. The first-order valence-corrected chi connectivity index (χ1v) is 6.87. The van der Waals surface area contributed by atoms with E-state index in [1.807, 2.05) is 12.1 Å². The number of hydrogen-bond donors (Lipinski definition) is 0. The summed E-state index contributed by atoms with van der Waals surface area (Å²) in [6, 6.07) is 8.67. The second-order valence-corrected chi connectivity index (χ2v) is 5.36. The van der Waals surface area contributed by atoms with Crippen LogP contribution in [0.2, 0.25) is 0 Å². The van der Waals surface area contributed by atoms with Gasteiger partial charge in [0.15, 0.2) is 0 Å². The lowest BCUT2D eigenvalue weighted by atomic mass is 10.2. The molecule has 0 atom stereocenters. The van der Waals surface area contributed by atoms with E-state index in [0.717, 1.165) is 29.0 Å². The van der Waals surface area contributed by atoms with Gasteiger partial charge in [0.05, 0.1) is 11.0 Å². The van der Waals surface area contributed by atoms with Gasteiger partial charge in [-0.3, -0.25) is 4.98 Å². The predicted molar refractivity (Wildman–Crippen MR) is 75.6 cm³/mol. The number of fused-ring (bicyclic) bond motifs is 1. The number of rotatable bonds is 3. The van der Waals surface area contributed by atoms with Crippen molar-refractivity contribution in [2.45, 2.75) is 19.4 Å². The molecule has 4 rings (SSSR count). The fraction of sp³-hybridized carbons (Fsp3) is 0.250. The highest BCUT2D eigenvalue weighted by molar-refractivity contribution is 5.80. The molecule has 0 N–H and O–H groups in total. The number of aromatic nitrogens is 3. The van der Waals surface area contributed by atoms with Gasteiger partial charge in [0.25, 0.3) is 0 Å². The highest BCUT2D eigenvalue weighted by Gasteiger charge is 2.24. The van der Waals surface area contributed by atoms with Gasteiger partial charge in [-0.15, -0.1) is 0 Å². The van der Waals surface area contributed by atoms with Crippen LogP contribution in [-0.4, -0.2) is 14.5 Å². The normalized spacial score (nSPS) is 14.8. The quantitative estimate of drug-likeness (QED) is 0.725. The summed E-state index contributed by atoms with van der Waals surface area (Å²) in [4.78, 5) is 8.82. The van der Waals surface area contributed by atoms with E-state index < -0.39 is 0 Å². The molecule has 0 unspecified atom stereocenters. The second kappa shape index (κ2) is 4.40. The Hall–Kier alpha value is -2.23. The van der Waals surface area contributed by atoms with E-state index >= 15 is 0 Å². The molecule has 0 saturated heterocycles. The van der Waals surface area contributed by atoms with Crippen molar-refractivity contribution in [2.75, 3.05) is 0 Å². The first-order valence-electron chi connectivity index (χ1n) is 6.87. The lowest BCUT2D eigenvalue weighted by molar-refractivity contribution is 0.623. The van der Waals surface area contributed by atoms with Crippen molar-refractivity contribution < 1.29 is 4.39 Å². The Morgan fingerprint density at radius 1 is 1.25 bits per heavy atom. The number of imidazole rings is 1. The number of hydrogen-bond acceptors (Lipinski definition) is 2. The minimum Gasteiger partial charge on any atom is -0.324 e. The Morgan fingerprint density at radius 3 is 2.90 bits per heavy atom. The number of halogens is 1. The van der Waals surface area contributed by atoms with Crippen LogP contribution in [0.4, 0.5) is 4.39 Å². The molecule has 3 nitrogen and oxygen atoms in total. The van der Waals surface area contributed by atoms with Crippen molar-refractivity contribution in [3.05, 3.63) is 48.5 Å². The van der Waals surface area contributed by atoms with E-state index in [9.17, 15) is 4.39 Å². The molecular formula is C16H14FN3. The zero-order valence-corrected chi connectivity index (χ0v) is 11.0. The summed E-state index contributed by atoms with van der Waals surface area (Å²) in [5.74, 6) is 1.36. The van der Waals surface area contributed by atoms with Crippen molar-refractivity contribution in [1.29, 1.82) is 0 Å². The molecule has 0 bridgehead atoms. The molecule has 100 valence electrons. The minimum absolute atomic E-state index is 0.216. The van der Waals surface area contributed by atoms with Gasteiger partial charge in [-0.05, 0) is 49.1 Å². The summed E-state index contributed by atoms with van der Waals surface area (Å²) < 4.78 is 15.7. The van der Waals surface area contributed by atoms with Crippen LogP contribution < -0.4 is 0 Å². The molecule has 2 aromatic heterocycles. The fourth-order valence-corrected chi connectivity index (χ4v) is 2.55. The van der Waals surface area contributed by atoms with E-state index in [1.165, 1.54) is 18.9 Å². The fourth-order valence-electron chi connectivity index (χ4n) is 2.55. The minimum atomic E-state index is -0.216. The van der Waals surface area contributed by atoms with Crippen LogP contribution in [0.5, 0.6) is 0 Å². The number of benzene rings is 1. The summed E-state index contributed by atoms with van der Waals surface area (Å²) in [6.45, 7) is 0.907. The van der Waals surface area contributed by atoms with Gasteiger partial charge >= 0.3 is 0 Å². The van der Waals surface area contributed by atoms with E-state index in [1.54, 1.807) is 24.5 Å². The first kappa shape index (κ1) is 11.6. The van der Waals surface area contributed by atoms with Crippen molar-refractivity contribution in [1.82, 2.24) is 14.5 Å². The highest BCUT2D eigenvalue weighted by Crippen LogP contribution is 2.34. The van der Waals surface area contributed by atoms with Gasteiger partial charge in [-0.2, -0.15) is 0 Å². The van der Waals surface area contributed by atoms with Crippen LogP contribution >= 0.6 is 0 Å². The molecule has 0 aliphatic heterocycles. The van der Waals surface area contributed by atoms with E-state index in [4.69, 9.17) is 0 Å². The van der Waals surface area contributed by atoms with Gasteiger partial charge in [0.2, 0.25) is 0 Å². The molecule has 1 aliphatic rings. The maximum atomic E-state index is 13.5. The summed E-state index contributed by atoms with van der Waals surface area (Å²) in [7, 11) is 0. The molecule has 20 heavy (non-hydrogen) atoms. The molecule has 1 aromatic carbocycles. The molecule has 0 radical (unpaired) electrons. The van der Waals surface area contributed by atoms with Crippen molar-refractivity contribution >= 4 is 11.0 Å². The van der Waals surface area contributed by atoms with Crippen molar-refractivity contribution in [3.63, 3.8) is 0 Å². The Morgan fingerprint density at radius 2 is 2.15 bits per heavy atom. The Bertz CT molecular complexity index is 760. The van der Waals surface area contributed by atoms with E-state index in [2.05, 4.69) is 14.5 Å². The zero-order chi connectivity index (χ0) is 13.5. The Labute approximate surface area is 116 Å². The number of pyridine rings is 1. The van der Waals surface area contributed by atoms with Crippen LogP contribution in [0.3, 0.4) is 0 Å². The number of nitrogens with zero attached hydrogens (tertiary/aromatic N) is 3. The van der Waals surface area contributed by atoms with Crippen LogP contribution in [0.15, 0.2) is 42.7 Å². The molecular weight excluding hydrogens is 253 g/mol. The Balaban J connectivity index is 1.94. The largest absolute Gasteiger partial charge is 0.324 e. The van der Waals surface area contributed by atoms with Gasteiger partial charge in [0.1, 0.15) is 11.6 Å². The predicted octanol–water partition coefficient (Wildman–Crippen LogP) is 3.65. The SMILES string of the molecule is Fc1ccc2nc(-c3cccnc3)n(CC3CC3)c2c1. The monoisotopic (exact) mass is 267 g/mol. The summed E-state index contributed by atoms with van der Waals surface area (Å²) in [5.41, 5.74) is 2.69. The Kier molecular flexibility index (Phi) is 2.55. The van der Waals surface area contributed by atoms with Crippen molar-refractivity contribution in [2.24, 2.45) is 5.92 Å². The third-order valence-corrected chi connectivity index (χ3v) is 3.77. The smallest absolute Gasteiger partial charge is 0.142 e. The highest BCUT2D eigenvalue weighted by atomic mass is 19.1. The van der Waals surface area contributed by atoms with Crippen molar-refractivity contribution in [3.8, 4) is 11.4 Å². The molecule has 0 amide bonds. The maximum absolute atomic E-state index is 13.5. The summed E-state index contributed by atoms with van der Waals surface area (Å²) >= 11 is 0. The molecule has 1 fully saturated rings. The molecule has 1 aliphatic carbocycles. The summed E-state index contributed by atoms with van der Waals surface area (Å²) in [5, 5.41) is 0. The lowest BCUT2D eigenvalue weighted by Crippen LogP contribution is -2.02. The zero-order valence-electron chi connectivity index (χ0n) is 11.0. The average Bonchev–Trinajstić information content (AvgIpc) is 3.22. The molecule has 0 spiro atoms. The topological polar surface area (TPSA) is 30.7 Å². The molecule has 2 heterocycles. The molecule has 4 heteroatoms. The molecule has 1 saturated carbocycles. The van der Waals surface area contributed by atoms with Gasteiger partial charge < -0.3 is 4.57 Å². The van der Waals surface area contributed by atoms with Crippen LogP contribution in [0.1, 0.15) is 12.8 Å². The standard InChI is InChI=1S/C16H14FN3/c17-13-5-6-14-15(8-13)20(10-11-3-4-11)16(19-14)12-2-1-7-18-9-12/h1-2,5-9,11H,3-4,10H2. The van der Waals surface area contributed by atoms with Gasteiger partial charge in [-0.25, -0.2) is 9.37 Å². The summed E-state index contributed by atoms with van der Waals surface area (Å²) in [6.07, 6.45) is 6.06. The van der Waals surface area contributed by atoms with Gasteiger partial charge in [0, 0.05) is 24.5 Å². The lowest BCUT2D eigenvalue weighted by Gasteiger charge is -2.08. The van der Waals surface area contributed by atoms with E-state index in [-0.39, 0.29) is 5.82 Å². The van der Waals surface area contributed by atoms with Crippen LogP contribution in [0, 0.1) is 11.7 Å². The third-order valence-electron chi connectivity index (χ3n) is 3.77. The maximum Gasteiger partial charge on any atom is 0.142 e. The van der Waals surface area contributed by atoms with E-state index in [0.29, 0.717) is 5.92 Å². The first-order chi connectivity index (χ1) is 9.81. The molecule has 3 aromatic rings. The van der Waals surface area contributed by atoms with Gasteiger partial charge in [-0.1, -0.05) is 0 Å². The third kappa shape index (κ3) is 1.97. The van der Waals surface area contributed by atoms with Crippen LogP contribution in [0.25, 0.3) is 22.4 Å². The van der Waals surface area contributed by atoms with Crippen LogP contribution in [-0.2, 0) is 6.54 Å².